The Morgan fingerprint density at radius 2 is 1.67 bits per heavy atom. The summed E-state index contributed by atoms with van der Waals surface area (Å²) in [5.74, 6) is 0. The van der Waals surface area contributed by atoms with Gasteiger partial charge < -0.3 is 14.7 Å². The zero-order chi connectivity index (χ0) is 26.9. The minimum Gasteiger partial charge on any atom is -0.444 e. The van der Waals surface area contributed by atoms with Crippen LogP contribution in [0.15, 0.2) is 47.5 Å². The van der Waals surface area contributed by atoms with Gasteiger partial charge in [0.05, 0.1) is 23.5 Å². The van der Waals surface area contributed by atoms with Crippen LogP contribution >= 0.6 is 0 Å². The van der Waals surface area contributed by atoms with Crippen molar-refractivity contribution in [2.45, 2.75) is 57.1 Å². The normalized spacial score (nSPS) is 17.6. The molecule has 1 aliphatic heterocycles. The number of carbonyl (C=O) groups is 1. The Bertz CT molecular complexity index is 1280. The molecule has 2 heterocycles. The zero-order valence-electron chi connectivity index (χ0n) is 21.2. The standard InChI is InChI=1S/C24H34N2O8S2/c1-18-8-10-19(11-9-18)36(31,32)26-14-6-7-20(26)21(27)24(17-33-35(5,29)30)12-15-25(16-13-24)22(28)34-23(2,3)4/h6-11,14,21,27H,12-13,15-17H2,1-5H3. The van der Waals surface area contributed by atoms with Crippen LogP contribution in [0.1, 0.15) is 51.0 Å². The average Bonchev–Trinajstić information content (AvgIpc) is 3.27. The highest BCUT2D eigenvalue weighted by molar-refractivity contribution is 7.90. The van der Waals surface area contributed by atoms with Gasteiger partial charge in [-0.15, -0.1) is 0 Å². The molecule has 0 aliphatic carbocycles. The summed E-state index contributed by atoms with van der Waals surface area (Å²) < 4.78 is 61.9. The van der Waals surface area contributed by atoms with Gasteiger partial charge >= 0.3 is 6.09 Å². The quantitative estimate of drug-likeness (QED) is 0.528. The topological polar surface area (TPSA) is 132 Å². The summed E-state index contributed by atoms with van der Waals surface area (Å²) in [6, 6.07) is 9.33. The summed E-state index contributed by atoms with van der Waals surface area (Å²) in [6.45, 7) is 7.08. The zero-order valence-corrected chi connectivity index (χ0v) is 22.8. The lowest BCUT2D eigenvalue weighted by Gasteiger charge is -2.44. The van der Waals surface area contributed by atoms with E-state index < -0.39 is 43.4 Å². The van der Waals surface area contributed by atoms with Gasteiger partial charge in [0.15, 0.2) is 0 Å². The lowest BCUT2D eigenvalue weighted by Crippen LogP contribution is -2.49. The number of hydrogen-bond acceptors (Lipinski definition) is 8. The van der Waals surface area contributed by atoms with Crippen molar-refractivity contribution < 1.29 is 35.7 Å². The van der Waals surface area contributed by atoms with E-state index in [1.807, 2.05) is 6.92 Å². The molecule has 1 atom stereocenters. The fourth-order valence-corrected chi connectivity index (χ4v) is 5.95. The molecule has 1 fully saturated rings. The van der Waals surface area contributed by atoms with Gasteiger partial charge in [-0.05, 0) is 64.8 Å². The maximum absolute atomic E-state index is 13.4. The van der Waals surface area contributed by atoms with Crippen LogP contribution in [-0.4, -0.2) is 68.5 Å². The number of likely N-dealkylation sites (tertiary alicyclic amines) is 1. The minimum atomic E-state index is -4.03. The van der Waals surface area contributed by atoms with E-state index in [1.54, 1.807) is 32.9 Å². The van der Waals surface area contributed by atoms with Crippen molar-refractivity contribution in [3.05, 3.63) is 53.9 Å². The summed E-state index contributed by atoms with van der Waals surface area (Å²) in [7, 11) is -7.87. The van der Waals surface area contributed by atoms with E-state index >= 15 is 0 Å². The predicted octanol–water partition coefficient (Wildman–Crippen LogP) is 3.06. The number of piperidine rings is 1. The molecule has 10 nitrogen and oxygen atoms in total. The Kier molecular flexibility index (Phi) is 7.95. The summed E-state index contributed by atoms with van der Waals surface area (Å²) in [5, 5.41) is 11.5. The Labute approximate surface area is 213 Å². The van der Waals surface area contributed by atoms with Crippen molar-refractivity contribution in [3.63, 3.8) is 0 Å². The Morgan fingerprint density at radius 1 is 1.08 bits per heavy atom. The molecule has 0 radical (unpaired) electrons. The number of aliphatic hydroxyl groups is 1. The molecule has 1 saturated heterocycles. The second kappa shape index (κ2) is 10.2. The molecule has 1 unspecified atom stereocenters. The van der Waals surface area contributed by atoms with Gasteiger partial charge in [-0.25, -0.2) is 17.2 Å². The monoisotopic (exact) mass is 542 g/mol. The van der Waals surface area contributed by atoms with Crippen LogP contribution in [0.2, 0.25) is 0 Å². The van der Waals surface area contributed by atoms with E-state index in [0.29, 0.717) is 0 Å². The number of ether oxygens (including phenoxy) is 1. The van der Waals surface area contributed by atoms with Crippen LogP contribution < -0.4 is 0 Å². The van der Waals surface area contributed by atoms with Crippen LogP contribution in [0, 0.1) is 12.3 Å². The van der Waals surface area contributed by atoms with E-state index in [0.717, 1.165) is 15.8 Å². The average molecular weight is 543 g/mol. The first-order valence-corrected chi connectivity index (χ1v) is 14.8. The molecule has 1 aromatic carbocycles. The molecule has 1 N–H and O–H groups in total. The van der Waals surface area contributed by atoms with Crippen LogP contribution in [0.3, 0.4) is 0 Å². The third-order valence-electron chi connectivity index (χ3n) is 6.15. The van der Waals surface area contributed by atoms with Crippen LogP contribution in [0.5, 0.6) is 0 Å². The van der Waals surface area contributed by atoms with Crippen LogP contribution in [0.25, 0.3) is 0 Å². The van der Waals surface area contributed by atoms with Gasteiger partial charge in [0.25, 0.3) is 20.1 Å². The van der Waals surface area contributed by atoms with Crippen molar-refractivity contribution >= 4 is 26.2 Å². The SMILES string of the molecule is Cc1ccc(S(=O)(=O)n2cccc2C(O)C2(COS(C)(=O)=O)CCN(C(=O)OC(C)(C)C)CC2)cc1. The van der Waals surface area contributed by atoms with E-state index in [2.05, 4.69) is 0 Å². The number of aryl methyl sites for hydroxylation is 1. The maximum Gasteiger partial charge on any atom is 0.410 e. The van der Waals surface area contributed by atoms with Crippen molar-refractivity contribution in [1.29, 1.82) is 0 Å². The molecule has 0 bridgehead atoms. The van der Waals surface area contributed by atoms with Crippen LogP contribution in [0.4, 0.5) is 4.79 Å². The van der Waals surface area contributed by atoms with E-state index in [9.17, 15) is 26.7 Å². The number of nitrogens with zero attached hydrogens (tertiary/aromatic N) is 2. The van der Waals surface area contributed by atoms with E-state index in [1.165, 1.54) is 35.4 Å². The molecule has 200 valence electrons. The first-order valence-electron chi connectivity index (χ1n) is 11.5. The molecule has 0 saturated carbocycles. The number of rotatable bonds is 7. The highest BCUT2D eigenvalue weighted by Crippen LogP contribution is 2.44. The summed E-state index contributed by atoms with van der Waals surface area (Å²) >= 11 is 0. The maximum atomic E-state index is 13.4. The van der Waals surface area contributed by atoms with Gasteiger partial charge in [-0.1, -0.05) is 17.7 Å². The number of aromatic nitrogens is 1. The number of benzene rings is 1. The van der Waals surface area contributed by atoms with Gasteiger partial charge in [-0.3, -0.25) is 4.18 Å². The number of carbonyl (C=O) groups excluding carboxylic acids is 1. The number of amides is 1. The summed E-state index contributed by atoms with van der Waals surface area (Å²) in [4.78, 5) is 14.1. The molecule has 0 spiro atoms. The fourth-order valence-electron chi connectivity index (χ4n) is 4.13. The van der Waals surface area contributed by atoms with Gasteiger partial charge in [0.2, 0.25) is 0 Å². The molecular formula is C24H34N2O8S2. The first-order chi connectivity index (χ1) is 16.5. The largest absolute Gasteiger partial charge is 0.444 e. The lowest BCUT2D eigenvalue weighted by atomic mass is 9.73. The van der Waals surface area contributed by atoms with E-state index in [-0.39, 0.29) is 43.1 Å². The molecular weight excluding hydrogens is 508 g/mol. The predicted molar refractivity (Wildman–Crippen MR) is 133 cm³/mol. The molecule has 1 aliphatic rings. The minimum absolute atomic E-state index is 0.0546. The molecule has 12 heteroatoms. The highest BCUT2D eigenvalue weighted by Gasteiger charge is 2.46. The fraction of sp³-hybridized carbons (Fsp3) is 0.542. The Balaban J connectivity index is 1.93. The first kappa shape index (κ1) is 28.2. The van der Waals surface area contributed by atoms with Gasteiger partial charge in [-0.2, -0.15) is 8.42 Å². The molecule has 1 amide bonds. The third kappa shape index (κ3) is 6.47. The van der Waals surface area contributed by atoms with E-state index in [4.69, 9.17) is 8.92 Å². The van der Waals surface area contributed by atoms with Crippen LogP contribution in [-0.2, 0) is 29.1 Å². The Morgan fingerprint density at radius 3 is 2.19 bits per heavy atom. The molecule has 1 aromatic heterocycles. The summed E-state index contributed by atoms with van der Waals surface area (Å²) in [6.07, 6.45) is 0.676. The summed E-state index contributed by atoms with van der Waals surface area (Å²) in [5.41, 5.74) is -0.871. The van der Waals surface area contributed by atoms with Crippen molar-refractivity contribution in [1.82, 2.24) is 8.87 Å². The molecule has 3 rings (SSSR count). The lowest BCUT2D eigenvalue weighted by molar-refractivity contribution is -0.0583. The second-order valence-electron chi connectivity index (χ2n) is 10.2. The Hall–Kier alpha value is -2.41. The second-order valence-corrected chi connectivity index (χ2v) is 13.7. The molecule has 2 aromatic rings. The number of aliphatic hydroxyl groups excluding tert-OH is 1. The molecule has 36 heavy (non-hydrogen) atoms. The van der Waals surface area contributed by atoms with Gasteiger partial charge in [0.1, 0.15) is 11.7 Å². The van der Waals surface area contributed by atoms with Gasteiger partial charge in [0, 0.05) is 24.7 Å². The number of hydrogen-bond donors (Lipinski definition) is 1. The highest BCUT2D eigenvalue weighted by atomic mass is 32.2. The van der Waals surface area contributed by atoms with Crippen molar-refractivity contribution in [2.24, 2.45) is 5.41 Å². The third-order valence-corrected chi connectivity index (χ3v) is 8.42. The van der Waals surface area contributed by atoms with Crippen molar-refractivity contribution in [3.8, 4) is 0 Å². The smallest absolute Gasteiger partial charge is 0.410 e. The van der Waals surface area contributed by atoms with Crippen molar-refractivity contribution in [2.75, 3.05) is 26.0 Å².